The van der Waals surface area contributed by atoms with Crippen LogP contribution >= 0.6 is 0 Å². The van der Waals surface area contributed by atoms with E-state index in [9.17, 15) is 9.59 Å². The maximum Gasteiger partial charge on any atom is 0.307 e. The van der Waals surface area contributed by atoms with E-state index in [0.717, 1.165) is 32.1 Å². The molecule has 0 aliphatic rings. The summed E-state index contributed by atoms with van der Waals surface area (Å²) in [4.78, 5) is 27.0. The smallest absolute Gasteiger partial charge is 0.307 e. The number of ether oxygens (including phenoxy) is 1. The Morgan fingerprint density at radius 1 is 0.553 bits per heavy atom. The Bertz CT molecular complexity index is 750. The lowest BCUT2D eigenvalue weighted by molar-refractivity contribution is -0.159. The third kappa shape index (κ3) is 31.4. The summed E-state index contributed by atoms with van der Waals surface area (Å²) in [5.41, 5.74) is 0. The number of esters is 1. The van der Waals surface area contributed by atoms with Gasteiger partial charge in [0, 0.05) is 12.8 Å². The highest BCUT2D eigenvalue weighted by atomic mass is 16.6. The Morgan fingerprint density at radius 3 is 1.32 bits per heavy atom. The van der Waals surface area contributed by atoms with Crippen molar-refractivity contribution in [2.75, 3.05) is 7.05 Å². The van der Waals surface area contributed by atoms with Gasteiger partial charge < -0.3 is 10.1 Å². The molecule has 0 heterocycles. The normalized spacial score (nSPS) is 13.1. The SMILES string of the molecule is CCCCCCCC/C=C\CCCCCCCC(=O)NC(CC)N(C)C(C)OC(=O)CCCCCCC/C=C\CCCCCCCC. The zero-order valence-electron chi connectivity index (χ0n) is 32.1. The summed E-state index contributed by atoms with van der Waals surface area (Å²) >= 11 is 0. The van der Waals surface area contributed by atoms with Crippen LogP contribution in [0.5, 0.6) is 0 Å². The first-order valence-electron chi connectivity index (χ1n) is 20.5. The molecule has 5 heteroatoms. The summed E-state index contributed by atoms with van der Waals surface area (Å²) < 4.78 is 5.71. The topological polar surface area (TPSA) is 58.6 Å². The second-order valence-corrected chi connectivity index (χ2v) is 13.9. The number of hydrogen-bond donors (Lipinski definition) is 1. The molecule has 0 fully saturated rings. The van der Waals surface area contributed by atoms with E-state index in [-0.39, 0.29) is 24.3 Å². The maximum atomic E-state index is 12.6. The van der Waals surface area contributed by atoms with Crippen LogP contribution in [-0.4, -0.2) is 36.2 Å². The summed E-state index contributed by atoms with van der Waals surface area (Å²) in [5.74, 6) is -0.0513. The Balaban J connectivity index is 3.82. The van der Waals surface area contributed by atoms with Gasteiger partial charge in [0.25, 0.3) is 0 Å². The Hall–Kier alpha value is -1.62. The molecule has 0 aliphatic heterocycles. The van der Waals surface area contributed by atoms with Crippen LogP contribution in [0.1, 0.15) is 214 Å². The zero-order chi connectivity index (χ0) is 34.6. The minimum absolute atomic E-state index is 0.0909. The van der Waals surface area contributed by atoms with E-state index in [1.165, 1.54) is 141 Å². The molecule has 0 saturated heterocycles. The van der Waals surface area contributed by atoms with Crippen molar-refractivity contribution >= 4 is 11.9 Å². The molecule has 1 N–H and O–H groups in total. The average Bonchev–Trinajstić information content (AvgIpc) is 3.06. The number of nitrogens with one attached hydrogen (secondary N) is 1. The monoisotopic (exact) mass is 661 g/mol. The summed E-state index contributed by atoms with van der Waals surface area (Å²) in [5, 5.41) is 3.15. The predicted octanol–water partition coefficient (Wildman–Crippen LogP) is 12.7. The maximum absolute atomic E-state index is 12.6. The highest BCUT2D eigenvalue weighted by Gasteiger charge is 2.22. The van der Waals surface area contributed by atoms with Crippen molar-refractivity contribution in [1.29, 1.82) is 0 Å². The van der Waals surface area contributed by atoms with E-state index in [4.69, 9.17) is 4.74 Å². The van der Waals surface area contributed by atoms with Crippen LogP contribution in [0.3, 0.4) is 0 Å². The number of carbonyl (C=O) groups excluding carboxylic acids is 2. The first kappa shape index (κ1) is 45.4. The minimum Gasteiger partial charge on any atom is -0.447 e. The van der Waals surface area contributed by atoms with E-state index in [2.05, 4.69) is 50.4 Å². The van der Waals surface area contributed by atoms with Gasteiger partial charge in [-0.05, 0) is 84.6 Å². The first-order chi connectivity index (χ1) is 23.0. The molecule has 0 aromatic carbocycles. The lowest BCUT2D eigenvalue weighted by atomic mass is 10.1. The van der Waals surface area contributed by atoms with Gasteiger partial charge in [-0.25, -0.2) is 0 Å². The van der Waals surface area contributed by atoms with E-state index >= 15 is 0 Å². The molecule has 0 rings (SSSR count). The lowest BCUT2D eigenvalue weighted by Gasteiger charge is -2.32. The molecule has 5 nitrogen and oxygen atoms in total. The Labute approximate surface area is 293 Å². The molecule has 0 aromatic heterocycles. The molecule has 0 spiro atoms. The summed E-state index contributed by atoms with van der Waals surface area (Å²) in [6.07, 6.45) is 43.3. The molecule has 0 radical (unpaired) electrons. The van der Waals surface area contributed by atoms with E-state index < -0.39 is 0 Å². The number of nitrogens with zero attached hydrogens (tertiary/aromatic N) is 1. The van der Waals surface area contributed by atoms with Crippen molar-refractivity contribution in [3.8, 4) is 0 Å². The largest absolute Gasteiger partial charge is 0.447 e. The van der Waals surface area contributed by atoms with Crippen LogP contribution in [0.2, 0.25) is 0 Å². The molecule has 0 bridgehead atoms. The van der Waals surface area contributed by atoms with Gasteiger partial charge in [0.2, 0.25) is 5.91 Å². The van der Waals surface area contributed by atoms with Crippen molar-refractivity contribution < 1.29 is 14.3 Å². The van der Waals surface area contributed by atoms with Crippen molar-refractivity contribution in [2.24, 2.45) is 0 Å². The molecular weight excluding hydrogens is 580 g/mol. The van der Waals surface area contributed by atoms with Crippen LogP contribution in [0.15, 0.2) is 24.3 Å². The standard InChI is InChI=1S/C42H80N2O3/c1-6-9-11-13-15-17-19-21-23-25-27-29-31-33-35-37-41(45)43-40(8-3)44(5)39(4)47-42(46)38-36-34-32-30-28-26-24-22-20-18-16-14-12-10-7-2/h21-24,39-40H,6-20,25-38H2,1-5H3,(H,43,45)/b23-21-,24-22-. The van der Waals surface area contributed by atoms with Crippen molar-refractivity contribution in [3.05, 3.63) is 24.3 Å². The van der Waals surface area contributed by atoms with Gasteiger partial charge in [-0.2, -0.15) is 0 Å². The van der Waals surface area contributed by atoms with Gasteiger partial charge in [0.1, 0.15) is 0 Å². The molecule has 2 unspecified atom stereocenters. The van der Waals surface area contributed by atoms with Crippen molar-refractivity contribution in [3.63, 3.8) is 0 Å². The fraction of sp³-hybridized carbons (Fsp3) is 0.857. The number of amides is 1. The third-order valence-corrected chi connectivity index (χ3v) is 9.39. The van der Waals surface area contributed by atoms with E-state index in [1.54, 1.807) is 0 Å². The van der Waals surface area contributed by atoms with Crippen molar-refractivity contribution in [2.45, 2.75) is 226 Å². The van der Waals surface area contributed by atoms with Gasteiger partial charge in [0.15, 0.2) is 6.23 Å². The van der Waals surface area contributed by atoms with E-state index in [1.807, 2.05) is 18.9 Å². The highest BCUT2D eigenvalue weighted by Crippen LogP contribution is 2.14. The Kier molecular flexibility index (Phi) is 34.5. The second-order valence-electron chi connectivity index (χ2n) is 13.9. The predicted molar refractivity (Wildman–Crippen MR) is 204 cm³/mol. The van der Waals surface area contributed by atoms with Crippen LogP contribution in [0.4, 0.5) is 0 Å². The summed E-state index contributed by atoms with van der Waals surface area (Å²) in [6, 6.07) is 0. The number of hydrogen-bond acceptors (Lipinski definition) is 4. The number of carbonyl (C=O) groups is 2. The number of allylic oxidation sites excluding steroid dienone is 4. The van der Waals surface area contributed by atoms with Gasteiger partial charge in [-0.1, -0.05) is 148 Å². The molecule has 0 saturated carbocycles. The summed E-state index contributed by atoms with van der Waals surface area (Å²) in [7, 11) is 1.93. The zero-order valence-corrected chi connectivity index (χ0v) is 32.1. The molecule has 2 atom stereocenters. The van der Waals surface area contributed by atoms with Gasteiger partial charge in [-0.15, -0.1) is 0 Å². The van der Waals surface area contributed by atoms with Gasteiger partial charge >= 0.3 is 5.97 Å². The third-order valence-electron chi connectivity index (χ3n) is 9.39. The first-order valence-corrected chi connectivity index (χ1v) is 20.5. The van der Waals surface area contributed by atoms with Gasteiger partial charge in [0.05, 0.1) is 6.17 Å². The van der Waals surface area contributed by atoms with Crippen LogP contribution in [0, 0.1) is 0 Å². The number of rotatable bonds is 35. The fourth-order valence-electron chi connectivity index (χ4n) is 6.03. The minimum atomic E-state index is -0.365. The molecular formula is C42H80N2O3. The molecule has 0 aromatic rings. The van der Waals surface area contributed by atoms with E-state index in [0.29, 0.717) is 12.8 Å². The average molecular weight is 661 g/mol. The quantitative estimate of drug-likeness (QED) is 0.0318. The lowest BCUT2D eigenvalue weighted by Crippen LogP contribution is -2.50. The molecule has 1 amide bonds. The van der Waals surface area contributed by atoms with Crippen LogP contribution in [0.25, 0.3) is 0 Å². The summed E-state index contributed by atoms with van der Waals surface area (Å²) in [6.45, 7) is 8.50. The molecule has 47 heavy (non-hydrogen) atoms. The van der Waals surface area contributed by atoms with Crippen LogP contribution < -0.4 is 5.32 Å². The number of unbranched alkanes of at least 4 members (excludes halogenated alkanes) is 22. The van der Waals surface area contributed by atoms with Gasteiger partial charge in [-0.3, -0.25) is 14.5 Å². The second kappa shape index (κ2) is 35.7. The van der Waals surface area contributed by atoms with Crippen molar-refractivity contribution in [1.82, 2.24) is 10.2 Å². The molecule has 0 aliphatic carbocycles. The fourth-order valence-corrected chi connectivity index (χ4v) is 6.03. The Morgan fingerprint density at radius 2 is 0.915 bits per heavy atom. The molecule has 276 valence electrons. The van der Waals surface area contributed by atoms with Crippen LogP contribution in [-0.2, 0) is 14.3 Å². The highest BCUT2D eigenvalue weighted by molar-refractivity contribution is 5.76.